The fraction of sp³-hybridized carbons (Fsp3) is 0.278. The SMILES string of the molecule is CC(=O)Nc1ccc(NC(=O)[C@@H](C)OC(=O)CSCc2cccs2)cc1. The van der Waals surface area contributed by atoms with Gasteiger partial charge in [0.15, 0.2) is 6.10 Å². The van der Waals surface area contributed by atoms with E-state index in [4.69, 9.17) is 4.74 Å². The van der Waals surface area contributed by atoms with Gasteiger partial charge in [0.25, 0.3) is 5.91 Å². The number of esters is 1. The van der Waals surface area contributed by atoms with E-state index < -0.39 is 18.0 Å². The highest BCUT2D eigenvalue weighted by Gasteiger charge is 2.18. The van der Waals surface area contributed by atoms with Crippen molar-refractivity contribution in [3.63, 3.8) is 0 Å². The molecule has 2 rings (SSSR count). The summed E-state index contributed by atoms with van der Waals surface area (Å²) in [6, 6.07) is 10.7. The van der Waals surface area contributed by atoms with Crippen LogP contribution in [0, 0.1) is 0 Å². The first kappa shape index (κ1) is 20.0. The fourth-order valence-corrected chi connectivity index (χ4v) is 3.64. The second-order valence-electron chi connectivity index (χ2n) is 5.45. The zero-order valence-electron chi connectivity index (χ0n) is 14.5. The standard InChI is InChI=1S/C18H20N2O4S2/c1-12(24-17(22)11-25-10-16-4-3-9-26-16)18(23)20-15-7-5-14(6-8-15)19-13(2)21/h3-9,12H,10-11H2,1-2H3,(H,19,21)(H,20,23)/t12-/m1/s1. The molecule has 138 valence electrons. The van der Waals surface area contributed by atoms with Gasteiger partial charge in [0, 0.05) is 28.9 Å². The molecule has 6 nitrogen and oxygen atoms in total. The quantitative estimate of drug-likeness (QED) is 0.672. The molecule has 0 spiro atoms. The predicted molar refractivity (Wildman–Crippen MR) is 105 cm³/mol. The predicted octanol–water partition coefficient (Wildman–Crippen LogP) is 3.51. The second kappa shape index (κ2) is 9.98. The highest BCUT2D eigenvalue weighted by atomic mass is 32.2. The van der Waals surface area contributed by atoms with E-state index in [1.54, 1.807) is 35.6 Å². The van der Waals surface area contributed by atoms with Crippen LogP contribution in [0.4, 0.5) is 11.4 Å². The zero-order valence-corrected chi connectivity index (χ0v) is 16.1. The van der Waals surface area contributed by atoms with E-state index in [0.717, 1.165) is 5.75 Å². The van der Waals surface area contributed by atoms with E-state index in [9.17, 15) is 14.4 Å². The third-order valence-corrected chi connectivity index (χ3v) is 5.21. The van der Waals surface area contributed by atoms with Crippen LogP contribution < -0.4 is 10.6 Å². The minimum Gasteiger partial charge on any atom is -0.452 e. The van der Waals surface area contributed by atoms with Crippen molar-refractivity contribution in [1.82, 2.24) is 0 Å². The lowest BCUT2D eigenvalue weighted by molar-refractivity contribution is -0.150. The summed E-state index contributed by atoms with van der Waals surface area (Å²) in [6.07, 6.45) is -0.889. The summed E-state index contributed by atoms with van der Waals surface area (Å²) in [4.78, 5) is 36.1. The maximum Gasteiger partial charge on any atom is 0.316 e. The number of carbonyl (C=O) groups is 3. The summed E-state index contributed by atoms with van der Waals surface area (Å²) in [5.41, 5.74) is 1.19. The molecule has 8 heteroatoms. The average molecular weight is 393 g/mol. The van der Waals surface area contributed by atoms with E-state index in [-0.39, 0.29) is 11.7 Å². The third kappa shape index (κ3) is 6.89. The van der Waals surface area contributed by atoms with Gasteiger partial charge in [-0.3, -0.25) is 14.4 Å². The van der Waals surface area contributed by atoms with E-state index >= 15 is 0 Å². The van der Waals surface area contributed by atoms with Gasteiger partial charge in [0.1, 0.15) is 0 Å². The number of hydrogen-bond acceptors (Lipinski definition) is 6. The molecule has 0 bridgehead atoms. The largest absolute Gasteiger partial charge is 0.452 e. The van der Waals surface area contributed by atoms with Crippen molar-refractivity contribution in [3.8, 4) is 0 Å². The molecule has 1 aromatic carbocycles. The Kier molecular flexibility index (Phi) is 7.68. The van der Waals surface area contributed by atoms with Gasteiger partial charge >= 0.3 is 5.97 Å². The number of rotatable bonds is 8. The molecule has 1 heterocycles. The van der Waals surface area contributed by atoms with Crippen LogP contribution in [0.5, 0.6) is 0 Å². The average Bonchev–Trinajstić information content (AvgIpc) is 3.09. The number of benzene rings is 1. The Hall–Kier alpha value is -2.32. The number of ether oxygens (including phenoxy) is 1. The van der Waals surface area contributed by atoms with Crippen LogP contribution in [0.25, 0.3) is 0 Å². The summed E-state index contributed by atoms with van der Waals surface area (Å²) in [5.74, 6) is -0.0575. The molecule has 0 aliphatic heterocycles. The van der Waals surface area contributed by atoms with Gasteiger partial charge in [0.2, 0.25) is 5.91 Å². The molecule has 0 saturated heterocycles. The van der Waals surface area contributed by atoms with Gasteiger partial charge in [-0.15, -0.1) is 23.1 Å². The molecule has 1 atom stereocenters. The van der Waals surface area contributed by atoms with E-state index in [2.05, 4.69) is 10.6 Å². The number of carbonyl (C=O) groups excluding carboxylic acids is 3. The molecule has 0 saturated carbocycles. The number of hydrogen-bond donors (Lipinski definition) is 2. The topological polar surface area (TPSA) is 84.5 Å². The van der Waals surface area contributed by atoms with Crippen LogP contribution in [-0.4, -0.2) is 29.6 Å². The normalized spacial score (nSPS) is 11.5. The highest BCUT2D eigenvalue weighted by Crippen LogP contribution is 2.17. The zero-order chi connectivity index (χ0) is 18.9. The second-order valence-corrected chi connectivity index (χ2v) is 7.47. The van der Waals surface area contributed by atoms with Crippen LogP contribution in [-0.2, 0) is 24.9 Å². The Labute approximate surface area is 160 Å². The summed E-state index contributed by atoms with van der Waals surface area (Å²) in [7, 11) is 0. The summed E-state index contributed by atoms with van der Waals surface area (Å²) >= 11 is 3.09. The van der Waals surface area contributed by atoms with Gasteiger partial charge in [-0.2, -0.15) is 0 Å². The molecular formula is C18H20N2O4S2. The van der Waals surface area contributed by atoms with Crippen LogP contribution in [0.3, 0.4) is 0 Å². The molecule has 0 unspecified atom stereocenters. The van der Waals surface area contributed by atoms with Crippen molar-refractivity contribution in [2.75, 3.05) is 16.4 Å². The molecule has 2 aromatic rings. The van der Waals surface area contributed by atoms with Crippen molar-refractivity contribution in [2.24, 2.45) is 0 Å². The molecule has 26 heavy (non-hydrogen) atoms. The first-order valence-corrected chi connectivity index (χ1v) is 9.95. The minimum absolute atomic E-state index is 0.167. The first-order chi connectivity index (χ1) is 12.4. The Balaban J connectivity index is 1.73. The monoisotopic (exact) mass is 392 g/mol. The number of amides is 2. The van der Waals surface area contributed by atoms with Crippen LogP contribution in [0.15, 0.2) is 41.8 Å². The van der Waals surface area contributed by atoms with Crippen molar-refractivity contribution in [3.05, 3.63) is 46.7 Å². The minimum atomic E-state index is -0.889. The van der Waals surface area contributed by atoms with Crippen molar-refractivity contribution in [1.29, 1.82) is 0 Å². The molecule has 0 radical (unpaired) electrons. The third-order valence-electron chi connectivity index (χ3n) is 3.19. The molecule has 0 aliphatic rings. The Morgan fingerprint density at radius 1 is 1.12 bits per heavy atom. The lowest BCUT2D eigenvalue weighted by Crippen LogP contribution is -2.30. The summed E-state index contributed by atoms with van der Waals surface area (Å²) < 4.78 is 5.15. The Bertz CT molecular complexity index is 745. The molecule has 0 aliphatic carbocycles. The van der Waals surface area contributed by atoms with Crippen molar-refractivity contribution < 1.29 is 19.1 Å². The number of nitrogens with one attached hydrogen (secondary N) is 2. The van der Waals surface area contributed by atoms with Crippen LogP contribution in [0.2, 0.25) is 0 Å². The molecule has 2 amide bonds. The first-order valence-electron chi connectivity index (χ1n) is 7.92. The van der Waals surface area contributed by atoms with E-state index in [0.29, 0.717) is 11.4 Å². The van der Waals surface area contributed by atoms with E-state index in [1.165, 1.54) is 30.5 Å². The van der Waals surface area contributed by atoms with Crippen LogP contribution >= 0.6 is 23.1 Å². The highest BCUT2D eigenvalue weighted by molar-refractivity contribution is 7.99. The van der Waals surface area contributed by atoms with E-state index in [1.807, 2.05) is 17.5 Å². The van der Waals surface area contributed by atoms with Gasteiger partial charge in [-0.25, -0.2) is 0 Å². The van der Waals surface area contributed by atoms with Crippen molar-refractivity contribution in [2.45, 2.75) is 25.7 Å². The maximum absolute atomic E-state index is 12.1. The van der Waals surface area contributed by atoms with Gasteiger partial charge in [-0.05, 0) is 42.6 Å². The smallest absolute Gasteiger partial charge is 0.316 e. The molecule has 2 N–H and O–H groups in total. The van der Waals surface area contributed by atoms with Gasteiger partial charge in [0.05, 0.1) is 5.75 Å². The lowest BCUT2D eigenvalue weighted by atomic mass is 10.2. The molecule has 1 aromatic heterocycles. The molecular weight excluding hydrogens is 372 g/mol. The summed E-state index contributed by atoms with van der Waals surface area (Å²) in [6.45, 7) is 2.95. The maximum atomic E-state index is 12.1. The van der Waals surface area contributed by atoms with Crippen molar-refractivity contribution >= 4 is 52.3 Å². The van der Waals surface area contributed by atoms with Gasteiger partial charge < -0.3 is 15.4 Å². The lowest BCUT2D eigenvalue weighted by Gasteiger charge is -2.13. The number of anilines is 2. The summed E-state index contributed by atoms with van der Waals surface area (Å²) in [5, 5.41) is 7.30. The van der Waals surface area contributed by atoms with Gasteiger partial charge in [-0.1, -0.05) is 6.07 Å². The van der Waals surface area contributed by atoms with Crippen LogP contribution in [0.1, 0.15) is 18.7 Å². The Morgan fingerprint density at radius 2 is 1.77 bits per heavy atom. The fourth-order valence-electron chi connectivity index (χ4n) is 2.00. The Morgan fingerprint density at radius 3 is 2.35 bits per heavy atom. The number of thiophene rings is 1. The number of thioether (sulfide) groups is 1. The molecule has 0 fully saturated rings.